The summed E-state index contributed by atoms with van der Waals surface area (Å²) in [6.45, 7) is 2.34. The van der Waals surface area contributed by atoms with Gasteiger partial charge in [-0.25, -0.2) is 13.8 Å². The van der Waals surface area contributed by atoms with Crippen LogP contribution in [0.25, 0.3) is 11.3 Å². The number of pyridine rings is 2. The molecule has 2 amide bonds. The van der Waals surface area contributed by atoms with Crippen molar-refractivity contribution in [2.45, 2.75) is 19.5 Å². The number of fused-ring (bicyclic) bond motifs is 1. The van der Waals surface area contributed by atoms with Crippen molar-refractivity contribution in [3.63, 3.8) is 0 Å². The van der Waals surface area contributed by atoms with E-state index in [4.69, 9.17) is 14.2 Å². The molecule has 0 N–H and O–H groups in total. The lowest BCUT2D eigenvalue weighted by Gasteiger charge is -2.26. The van der Waals surface area contributed by atoms with E-state index in [0.717, 1.165) is 11.1 Å². The van der Waals surface area contributed by atoms with Gasteiger partial charge in [-0.15, -0.1) is 0 Å². The number of methoxy groups -OCH3 is 2. The molecule has 0 spiro atoms. The van der Waals surface area contributed by atoms with Crippen molar-refractivity contribution in [2.75, 3.05) is 40.5 Å². The Hall–Kier alpha value is -4.90. The Morgan fingerprint density at radius 2 is 1.73 bits per heavy atom. The summed E-state index contributed by atoms with van der Waals surface area (Å²) in [5, 5.41) is 0. The number of hydrogen-bond acceptors (Lipinski definition) is 7. The molecule has 2 aromatic carbocycles. The highest BCUT2D eigenvalue weighted by Gasteiger charge is 2.33. The molecule has 1 fully saturated rings. The quantitative estimate of drug-likeness (QED) is 0.291. The third-order valence-corrected chi connectivity index (χ3v) is 7.83. The largest absolute Gasteiger partial charge is 0.497 e. The highest BCUT2D eigenvalue weighted by atomic mass is 19.1. The maximum absolute atomic E-state index is 14.9. The molecule has 2 aliphatic heterocycles. The summed E-state index contributed by atoms with van der Waals surface area (Å²) in [6.07, 6.45) is 1.82. The second-order valence-electron chi connectivity index (χ2n) is 10.6. The van der Waals surface area contributed by atoms with Gasteiger partial charge in [-0.2, -0.15) is 0 Å². The molecule has 9 nitrogen and oxygen atoms in total. The molecule has 0 aliphatic carbocycles. The Balaban J connectivity index is 1.34. The number of carbonyl (C=O) groups is 2. The van der Waals surface area contributed by atoms with Gasteiger partial charge in [0.05, 0.1) is 63.0 Å². The van der Waals surface area contributed by atoms with Gasteiger partial charge < -0.3 is 24.0 Å². The smallest absolute Gasteiger partial charge is 0.272 e. The predicted molar refractivity (Wildman–Crippen MR) is 156 cm³/mol. The first-order valence-corrected chi connectivity index (χ1v) is 14.2. The van der Waals surface area contributed by atoms with Gasteiger partial charge in [0.2, 0.25) is 0 Å². The van der Waals surface area contributed by atoms with Gasteiger partial charge >= 0.3 is 0 Å². The highest BCUT2D eigenvalue weighted by Crippen LogP contribution is 2.34. The Morgan fingerprint density at radius 3 is 2.41 bits per heavy atom. The number of benzene rings is 2. The molecule has 4 aromatic rings. The van der Waals surface area contributed by atoms with Gasteiger partial charge in [-0.3, -0.25) is 14.6 Å². The fraction of sp³-hybridized carbons (Fsp3) is 0.273. The molecule has 0 radical (unpaired) electrons. The van der Waals surface area contributed by atoms with Crippen molar-refractivity contribution < 1.29 is 32.6 Å². The van der Waals surface area contributed by atoms with Crippen LogP contribution >= 0.6 is 0 Å². The second kappa shape index (κ2) is 12.4. The number of carbonyl (C=O) groups excluding carboxylic acids is 2. The molecule has 0 atom stereocenters. The number of aromatic nitrogens is 2. The zero-order chi connectivity index (χ0) is 30.8. The van der Waals surface area contributed by atoms with Crippen molar-refractivity contribution in [3.8, 4) is 22.8 Å². The molecule has 0 saturated carbocycles. The maximum atomic E-state index is 14.9. The normalized spacial score (nSPS) is 14.5. The second-order valence-corrected chi connectivity index (χ2v) is 10.6. The van der Waals surface area contributed by atoms with Gasteiger partial charge in [0.25, 0.3) is 11.8 Å². The summed E-state index contributed by atoms with van der Waals surface area (Å²) in [5.41, 5.74) is 2.98. The first kappa shape index (κ1) is 29.2. The number of halogens is 2. The van der Waals surface area contributed by atoms with E-state index in [1.54, 1.807) is 60.5 Å². The van der Waals surface area contributed by atoms with E-state index in [9.17, 15) is 18.4 Å². The van der Waals surface area contributed by atoms with Crippen LogP contribution in [-0.4, -0.2) is 72.1 Å². The zero-order valence-corrected chi connectivity index (χ0v) is 24.3. The molecule has 6 rings (SSSR count). The molecule has 226 valence electrons. The lowest BCUT2D eigenvalue weighted by Crippen LogP contribution is -2.41. The number of hydrogen-bond donors (Lipinski definition) is 0. The molecule has 4 heterocycles. The summed E-state index contributed by atoms with van der Waals surface area (Å²) in [5.74, 6) is -0.753. The van der Waals surface area contributed by atoms with Gasteiger partial charge in [-0.05, 0) is 53.9 Å². The van der Waals surface area contributed by atoms with Crippen LogP contribution in [0.15, 0.2) is 60.8 Å². The molecule has 44 heavy (non-hydrogen) atoms. The van der Waals surface area contributed by atoms with E-state index in [1.807, 2.05) is 6.07 Å². The molecule has 0 unspecified atom stereocenters. The van der Waals surface area contributed by atoms with Gasteiger partial charge in [-0.1, -0.05) is 12.1 Å². The lowest BCUT2D eigenvalue weighted by atomic mass is 9.97. The van der Waals surface area contributed by atoms with Crippen molar-refractivity contribution in [1.29, 1.82) is 0 Å². The van der Waals surface area contributed by atoms with E-state index in [0.29, 0.717) is 60.3 Å². The molecule has 11 heteroatoms. The minimum Gasteiger partial charge on any atom is -0.497 e. The minimum atomic E-state index is -0.750. The Bertz CT molecular complexity index is 1700. The fourth-order valence-corrected chi connectivity index (χ4v) is 5.57. The number of nitrogens with zero attached hydrogens (tertiary/aromatic N) is 4. The van der Waals surface area contributed by atoms with Crippen LogP contribution in [0.3, 0.4) is 0 Å². The van der Waals surface area contributed by atoms with Gasteiger partial charge in [0.1, 0.15) is 28.8 Å². The first-order chi connectivity index (χ1) is 21.4. The topological polar surface area (TPSA) is 94.1 Å². The monoisotopic (exact) mass is 600 g/mol. The number of amides is 2. The van der Waals surface area contributed by atoms with Crippen LogP contribution in [-0.2, 0) is 24.2 Å². The van der Waals surface area contributed by atoms with Crippen molar-refractivity contribution in [2.24, 2.45) is 0 Å². The van der Waals surface area contributed by atoms with Crippen LogP contribution in [0.2, 0.25) is 0 Å². The Morgan fingerprint density at radius 1 is 0.955 bits per heavy atom. The molecular formula is C33H30F2N4O5. The Labute approximate surface area is 253 Å². The summed E-state index contributed by atoms with van der Waals surface area (Å²) in [6, 6.07) is 14.0. The highest BCUT2D eigenvalue weighted by molar-refractivity contribution is 6.00. The fourth-order valence-electron chi connectivity index (χ4n) is 5.57. The average Bonchev–Trinajstić information content (AvgIpc) is 3.36. The molecule has 1 saturated heterocycles. The number of rotatable bonds is 8. The minimum absolute atomic E-state index is 0.0955. The molecular weight excluding hydrogens is 570 g/mol. The van der Waals surface area contributed by atoms with E-state index >= 15 is 0 Å². The van der Waals surface area contributed by atoms with Crippen molar-refractivity contribution in [3.05, 3.63) is 106 Å². The summed E-state index contributed by atoms with van der Waals surface area (Å²) < 4.78 is 45.9. The predicted octanol–water partition coefficient (Wildman–Crippen LogP) is 4.66. The SMILES string of the molecule is COc1ccc(CN2Cc3nc(-c4c(F)cccc4F)cc(Cc4ccc(C(=O)N5CCOCC5)nc4)c3C2=O)c(OC)c1. The maximum Gasteiger partial charge on any atom is 0.272 e. The van der Waals surface area contributed by atoms with Crippen molar-refractivity contribution >= 4 is 11.8 Å². The van der Waals surface area contributed by atoms with Crippen LogP contribution in [0.4, 0.5) is 8.78 Å². The third kappa shape index (κ3) is 5.70. The van der Waals surface area contributed by atoms with Crippen LogP contribution in [0, 0.1) is 11.6 Å². The van der Waals surface area contributed by atoms with Crippen LogP contribution in [0.1, 0.15) is 43.2 Å². The molecule has 2 aromatic heterocycles. The number of ether oxygens (including phenoxy) is 3. The third-order valence-electron chi connectivity index (χ3n) is 7.83. The molecule has 0 bridgehead atoms. The Kier molecular flexibility index (Phi) is 8.21. The summed E-state index contributed by atoms with van der Waals surface area (Å²) in [7, 11) is 3.10. The van der Waals surface area contributed by atoms with Crippen LogP contribution in [0.5, 0.6) is 11.5 Å². The van der Waals surface area contributed by atoms with E-state index in [2.05, 4.69) is 9.97 Å². The standard InChI is InChI=1S/C33H30F2N4O5/c1-42-23-8-7-21(29(16-23)43-2)18-39-19-28-30(33(39)41)22(15-27(37-28)31-24(34)4-3-5-25(31)35)14-20-6-9-26(36-17-20)32(40)38-10-12-44-13-11-38/h3-9,15-17H,10-14,18-19H2,1-2H3. The van der Waals surface area contributed by atoms with Crippen molar-refractivity contribution in [1.82, 2.24) is 19.8 Å². The van der Waals surface area contributed by atoms with E-state index < -0.39 is 11.6 Å². The van der Waals surface area contributed by atoms with Gasteiger partial charge in [0, 0.05) is 30.9 Å². The van der Waals surface area contributed by atoms with Gasteiger partial charge in [0.15, 0.2) is 0 Å². The summed E-state index contributed by atoms with van der Waals surface area (Å²) >= 11 is 0. The molecule has 2 aliphatic rings. The van der Waals surface area contributed by atoms with Crippen LogP contribution < -0.4 is 9.47 Å². The first-order valence-electron chi connectivity index (χ1n) is 14.2. The average molecular weight is 601 g/mol. The van der Waals surface area contributed by atoms with E-state index in [1.165, 1.54) is 18.2 Å². The summed E-state index contributed by atoms with van der Waals surface area (Å²) in [4.78, 5) is 39.0. The lowest BCUT2D eigenvalue weighted by molar-refractivity contribution is 0.0299. The van der Waals surface area contributed by atoms with E-state index in [-0.39, 0.29) is 42.6 Å². The number of morpholine rings is 1. The zero-order valence-electron chi connectivity index (χ0n) is 24.3.